The standard InChI is InChI=1S/C37H31N3O6S/c1-25-8-16-31(17-9-25)47(45,46)39(2)24-36(42)40(30-15-19-33(37(43)44)35(41)21-30)23-27-12-18-32(29-13-10-26(22-38)11-14-29)34(20-27)28-6-4-3-5-7-28/h3-21,41H,23-24H2,1-2H3,(H,43,44). The number of nitriles is 1. The van der Waals surface area contributed by atoms with E-state index in [2.05, 4.69) is 6.07 Å². The number of carbonyl (C=O) groups excluding carboxylic acids is 1. The molecule has 0 unspecified atom stereocenters. The highest BCUT2D eigenvalue weighted by Gasteiger charge is 2.27. The third-order valence-electron chi connectivity index (χ3n) is 7.75. The second-order valence-electron chi connectivity index (χ2n) is 11.0. The van der Waals surface area contributed by atoms with Gasteiger partial charge in [0.15, 0.2) is 0 Å². The average Bonchev–Trinajstić information content (AvgIpc) is 3.07. The summed E-state index contributed by atoms with van der Waals surface area (Å²) in [5.74, 6) is -2.46. The molecule has 0 saturated carbocycles. The number of hydrogen-bond acceptors (Lipinski definition) is 6. The largest absolute Gasteiger partial charge is 0.507 e. The first-order valence-electron chi connectivity index (χ1n) is 14.6. The molecule has 5 aromatic rings. The summed E-state index contributed by atoms with van der Waals surface area (Å²) in [6.07, 6.45) is 0. The van der Waals surface area contributed by atoms with E-state index in [9.17, 15) is 33.5 Å². The van der Waals surface area contributed by atoms with Crippen LogP contribution in [0.1, 0.15) is 27.0 Å². The summed E-state index contributed by atoms with van der Waals surface area (Å²) >= 11 is 0. The predicted molar refractivity (Wildman–Crippen MR) is 179 cm³/mol. The van der Waals surface area contributed by atoms with Gasteiger partial charge in [0.1, 0.15) is 11.3 Å². The lowest BCUT2D eigenvalue weighted by atomic mass is 9.92. The van der Waals surface area contributed by atoms with Crippen LogP contribution in [0.4, 0.5) is 5.69 Å². The molecule has 5 rings (SSSR count). The van der Waals surface area contributed by atoms with Crippen LogP contribution in [0, 0.1) is 18.3 Å². The van der Waals surface area contributed by atoms with Gasteiger partial charge in [-0.05, 0) is 77.2 Å². The zero-order chi connectivity index (χ0) is 33.7. The van der Waals surface area contributed by atoms with Gasteiger partial charge in [-0.25, -0.2) is 13.2 Å². The first-order valence-corrected chi connectivity index (χ1v) is 16.0. The van der Waals surface area contributed by atoms with Gasteiger partial charge in [0, 0.05) is 18.8 Å². The van der Waals surface area contributed by atoms with Crippen molar-refractivity contribution in [3.05, 3.63) is 138 Å². The number of likely N-dealkylation sites (N-methyl/N-ethyl adjacent to an activating group) is 1. The molecule has 2 N–H and O–H groups in total. The molecule has 1 amide bonds. The third kappa shape index (κ3) is 7.23. The molecule has 47 heavy (non-hydrogen) atoms. The molecule has 0 bridgehead atoms. The molecule has 9 nitrogen and oxygen atoms in total. The van der Waals surface area contributed by atoms with Crippen molar-refractivity contribution in [2.45, 2.75) is 18.4 Å². The maximum absolute atomic E-state index is 13.9. The Morgan fingerprint density at radius 2 is 1.47 bits per heavy atom. The predicted octanol–water partition coefficient (Wildman–Crippen LogP) is 6.46. The summed E-state index contributed by atoms with van der Waals surface area (Å²) in [5.41, 5.74) is 5.54. The summed E-state index contributed by atoms with van der Waals surface area (Å²) in [7, 11) is -2.70. The van der Waals surface area contributed by atoms with Gasteiger partial charge in [-0.3, -0.25) is 4.79 Å². The molecule has 0 saturated heterocycles. The number of benzene rings is 5. The molecule has 0 heterocycles. The Labute approximate surface area is 273 Å². The molecule has 5 aromatic carbocycles. The maximum Gasteiger partial charge on any atom is 0.339 e. The van der Waals surface area contributed by atoms with Crippen molar-refractivity contribution in [1.29, 1.82) is 5.26 Å². The summed E-state index contributed by atoms with van der Waals surface area (Å²) in [4.78, 5) is 26.8. The van der Waals surface area contributed by atoms with Gasteiger partial charge in [0.2, 0.25) is 15.9 Å². The summed E-state index contributed by atoms with van der Waals surface area (Å²) < 4.78 is 27.6. The number of aryl methyl sites for hydroxylation is 1. The van der Waals surface area contributed by atoms with Crippen molar-refractivity contribution in [2.24, 2.45) is 0 Å². The van der Waals surface area contributed by atoms with Gasteiger partial charge in [-0.1, -0.05) is 72.3 Å². The number of sulfonamides is 1. The van der Waals surface area contributed by atoms with E-state index in [0.717, 1.165) is 32.1 Å². The minimum Gasteiger partial charge on any atom is -0.507 e. The van der Waals surface area contributed by atoms with Crippen LogP contribution in [0.3, 0.4) is 0 Å². The van der Waals surface area contributed by atoms with Gasteiger partial charge in [0.25, 0.3) is 0 Å². The van der Waals surface area contributed by atoms with Crippen molar-refractivity contribution in [2.75, 3.05) is 18.5 Å². The minimum absolute atomic E-state index is 0.0173. The molecule has 0 aromatic heterocycles. The highest BCUT2D eigenvalue weighted by atomic mass is 32.2. The van der Waals surface area contributed by atoms with Crippen molar-refractivity contribution >= 4 is 27.6 Å². The molecular formula is C37H31N3O6S. The van der Waals surface area contributed by atoms with E-state index in [1.54, 1.807) is 24.3 Å². The topological polar surface area (TPSA) is 139 Å². The fraction of sp³-hybridized carbons (Fsp3) is 0.108. The van der Waals surface area contributed by atoms with Crippen molar-refractivity contribution in [3.63, 3.8) is 0 Å². The zero-order valence-electron chi connectivity index (χ0n) is 25.7. The Balaban J connectivity index is 1.54. The number of phenols is 1. The van der Waals surface area contributed by atoms with Crippen LogP contribution >= 0.6 is 0 Å². The molecular weight excluding hydrogens is 614 g/mol. The SMILES string of the molecule is Cc1ccc(S(=O)(=O)N(C)CC(=O)N(Cc2ccc(-c3ccc(C#N)cc3)c(-c3ccccc3)c2)c2ccc(C(=O)O)c(O)c2)cc1. The zero-order valence-corrected chi connectivity index (χ0v) is 26.5. The molecule has 0 spiro atoms. The number of aromatic hydroxyl groups is 1. The Hall–Kier alpha value is -5.76. The lowest BCUT2D eigenvalue weighted by Gasteiger charge is -2.26. The Morgan fingerprint density at radius 1 is 0.809 bits per heavy atom. The van der Waals surface area contributed by atoms with E-state index >= 15 is 0 Å². The Kier molecular flexibility index (Phi) is 9.51. The first-order chi connectivity index (χ1) is 22.5. The molecule has 236 valence electrons. The van der Waals surface area contributed by atoms with Crippen LogP contribution in [0.15, 0.2) is 120 Å². The van der Waals surface area contributed by atoms with Gasteiger partial charge < -0.3 is 15.1 Å². The lowest BCUT2D eigenvalue weighted by molar-refractivity contribution is -0.118. The Morgan fingerprint density at radius 3 is 2.09 bits per heavy atom. The number of nitrogens with zero attached hydrogens (tertiary/aromatic N) is 3. The van der Waals surface area contributed by atoms with Gasteiger partial charge in [-0.2, -0.15) is 9.57 Å². The van der Waals surface area contributed by atoms with E-state index < -0.39 is 34.2 Å². The fourth-order valence-electron chi connectivity index (χ4n) is 5.15. The third-order valence-corrected chi connectivity index (χ3v) is 9.56. The molecule has 10 heteroatoms. The highest BCUT2D eigenvalue weighted by Crippen LogP contribution is 2.34. The van der Waals surface area contributed by atoms with Crippen LogP contribution in [-0.2, 0) is 21.4 Å². The molecule has 0 aliphatic carbocycles. The smallest absolute Gasteiger partial charge is 0.339 e. The number of anilines is 1. The van der Waals surface area contributed by atoms with Crippen LogP contribution in [-0.4, -0.2) is 48.4 Å². The number of hydrogen-bond donors (Lipinski definition) is 2. The number of carboxylic acid groups (broad SMARTS) is 1. The van der Waals surface area contributed by atoms with E-state index in [1.165, 1.54) is 42.3 Å². The van der Waals surface area contributed by atoms with Crippen molar-refractivity contribution in [1.82, 2.24) is 4.31 Å². The van der Waals surface area contributed by atoms with E-state index in [-0.39, 0.29) is 22.7 Å². The Bertz CT molecular complexity index is 2090. The van der Waals surface area contributed by atoms with E-state index in [0.29, 0.717) is 11.1 Å². The van der Waals surface area contributed by atoms with E-state index in [1.807, 2.05) is 67.6 Å². The number of rotatable bonds is 10. The lowest BCUT2D eigenvalue weighted by Crippen LogP contribution is -2.41. The maximum atomic E-state index is 13.9. The second kappa shape index (κ2) is 13.7. The number of carbonyl (C=O) groups is 2. The number of carboxylic acids is 1. The van der Waals surface area contributed by atoms with Crippen molar-refractivity contribution < 1.29 is 28.2 Å². The van der Waals surface area contributed by atoms with Gasteiger partial charge >= 0.3 is 5.97 Å². The molecule has 0 fully saturated rings. The van der Waals surface area contributed by atoms with E-state index in [4.69, 9.17) is 0 Å². The highest BCUT2D eigenvalue weighted by molar-refractivity contribution is 7.89. The number of amides is 1. The minimum atomic E-state index is -4.01. The number of aromatic carboxylic acids is 1. The fourth-order valence-corrected chi connectivity index (χ4v) is 6.27. The molecule has 0 radical (unpaired) electrons. The van der Waals surface area contributed by atoms with Crippen LogP contribution in [0.2, 0.25) is 0 Å². The quantitative estimate of drug-likeness (QED) is 0.178. The normalized spacial score (nSPS) is 11.2. The average molecular weight is 646 g/mol. The molecule has 0 aliphatic rings. The van der Waals surface area contributed by atoms with Crippen LogP contribution in [0.25, 0.3) is 22.3 Å². The molecule has 0 aliphatic heterocycles. The van der Waals surface area contributed by atoms with Crippen LogP contribution in [0.5, 0.6) is 5.75 Å². The van der Waals surface area contributed by atoms with Crippen molar-refractivity contribution in [3.8, 4) is 34.1 Å². The first kappa shape index (κ1) is 32.6. The summed E-state index contributed by atoms with van der Waals surface area (Å²) in [6.45, 7) is 1.30. The van der Waals surface area contributed by atoms with Gasteiger partial charge in [0.05, 0.1) is 29.6 Å². The monoisotopic (exact) mass is 645 g/mol. The summed E-state index contributed by atoms with van der Waals surface area (Å²) in [5, 5.41) is 29.2. The van der Waals surface area contributed by atoms with Gasteiger partial charge in [-0.15, -0.1) is 0 Å². The van der Waals surface area contributed by atoms with Crippen LogP contribution < -0.4 is 4.90 Å². The second-order valence-corrected chi connectivity index (χ2v) is 13.0. The summed E-state index contributed by atoms with van der Waals surface area (Å²) in [6, 6.07) is 34.8. The molecule has 0 atom stereocenters.